The Labute approximate surface area is 118 Å². The molecule has 1 aromatic heterocycles. The largest absolute Gasteiger partial charge is 0.384 e. The third-order valence-electron chi connectivity index (χ3n) is 3.34. The lowest BCUT2D eigenvalue weighted by atomic mass is 10.1. The fourth-order valence-corrected chi connectivity index (χ4v) is 4.55. The fourth-order valence-electron chi connectivity index (χ4n) is 2.42. The maximum absolute atomic E-state index is 12.6. The molecule has 2 heterocycles. The first-order valence-corrected chi connectivity index (χ1v) is 8.07. The van der Waals surface area contributed by atoms with Crippen molar-refractivity contribution in [3.8, 4) is 0 Å². The summed E-state index contributed by atoms with van der Waals surface area (Å²) in [6, 6.07) is 0. The Balaban J connectivity index is 2.26. The molecule has 0 aromatic carbocycles. The lowest BCUT2D eigenvalue weighted by molar-refractivity contribution is 0.157. The average Bonchev–Trinajstić information content (AvgIpc) is 2.96. The molecule has 1 atom stereocenters. The van der Waals surface area contributed by atoms with Crippen LogP contribution in [0, 0.1) is 12.8 Å². The first-order valence-electron chi connectivity index (χ1n) is 6.09. The normalized spacial score (nSPS) is 21.1. The minimum atomic E-state index is -3.52. The summed E-state index contributed by atoms with van der Waals surface area (Å²) in [6.07, 6.45) is 0.820. The molecule has 1 fully saturated rings. The Morgan fingerprint density at radius 2 is 2.32 bits per heavy atom. The van der Waals surface area contributed by atoms with Crippen LogP contribution in [0.25, 0.3) is 0 Å². The predicted molar refractivity (Wildman–Crippen MR) is 71.6 cm³/mol. The number of aromatic amines is 1. The first kappa shape index (κ1) is 14.8. The molecule has 1 unspecified atom stereocenters. The van der Waals surface area contributed by atoms with E-state index in [1.54, 1.807) is 14.0 Å². The number of sulfonamides is 1. The molecule has 0 bridgehead atoms. The molecule has 0 spiro atoms. The number of hydrogen-bond donors (Lipinski definition) is 1. The molecule has 1 saturated heterocycles. The van der Waals surface area contributed by atoms with E-state index >= 15 is 0 Å². The van der Waals surface area contributed by atoms with Crippen LogP contribution in [0.4, 0.5) is 0 Å². The minimum Gasteiger partial charge on any atom is -0.384 e. The SMILES string of the molecule is COCC1CCN(S(=O)(=O)c2c(CCl)n[nH]c2C)C1. The van der Waals surface area contributed by atoms with Gasteiger partial charge in [0.1, 0.15) is 4.90 Å². The fraction of sp³-hybridized carbons (Fsp3) is 0.727. The standard InChI is InChI=1S/C11H18ClN3O3S/c1-8-11(10(5-12)14-13-8)19(16,17)15-4-3-9(6-15)7-18-2/h9H,3-7H2,1-2H3,(H,13,14). The Morgan fingerprint density at radius 3 is 2.95 bits per heavy atom. The van der Waals surface area contributed by atoms with Gasteiger partial charge in [0.2, 0.25) is 10.0 Å². The summed E-state index contributed by atoms with van der Waals surface area (Å²) in [5.41, 5.74) is 0.917. The van der Waals surface area contributed by atoms with E-state index in [-0.39, 0.29) is 16.7 Å². The molecule has 1 N–H and O–H groups in total. The molecule has 1 aliphatic rings. The van der Waals surface area contributed by atoms with Crippen molar-refractivity contribution in [2.45, 2.75) is 24.1 Å². The van der Waals surface area contributed by atoms with Crippen LogP contribution in [0.1, 0.15) is 17.8 Å². The summed E-state index contributed by atoms with van der Waals surface area (Å²) in [5, 5.41) is 6.63. The highest BCUT2D eigenvalue weighted by atomic mass is 35.5. The molecule has 19 heavy (non-hydrogen) atoms. The van der Waals surface area contributed by atoms with Crippen LogP contribution in [0.3, 0.4) is 0 Å². The quantitative estimate of drug-likeness (QED) is 0.827. The van der Waals surface area contributed by atoms with E-state index in [0.29, 0.717) is 31.1 Å². The second-order valence-electron chi connectivity index (χ2n) is 4.73. The second kappa shape index (κ2) is 5.78. The van der Waals surface area contributed by atoms with E-state index in [4.69, 9.17) is 16.3 Å². The Hall–Kier alpha value is -0.630. The zero-order valence-electron chi connectivity index (χ0n) is 11.0. The van der Waals surface area contributed by atoms with Gasteiger partial charge in [0.25, 0.3) is 0 Å². The molecule has 2 rings (SSSR count). The van der Waals surface area contributed by atoms with Gasteiger partial charge in [-0.2, -0.15) is 9.40 Å². The number of nitrogens with one attached hydrogen (secondary N) is 1. The van der Waals surface area contributed by atoms with Crippen molar-refractivity contribution < 1.29 is 13.2 Å². The van der Waals surface area contributed by atoms with Crippen LogP contribution in [-0.4, -0.2) is 49.7 Å². The highest BCUT2D eigenvalue weighted by Gasteiger charge is 2.35. The van der Waals surface area contributed by atoms with Crippen LogP contribution in [0.2, 0.25) is 0 Å². The van der Waals surface area contributed by atoms with Crippen LogP contribution < -0.4 is 0 Å². The van der Waals surface area contributed by atoms with Gasteiger partial charge in [0, 0.05) is 20.2 Å². The number of rotatable bonds is 5. The number of aromatic nitrogens is 2. The van der Waals surface area contributed by atoms with Crippen molar-refractivity contribution in [2.75, 3.05) is 26.8 Å². The van der Waals surface area contributed by atoms with Crippen LogP contribution >= 0.6 is 11.6 Å². The third-order valence-corrected chi connectivity index (χ3v) is 5.66. The highest BCUT2D eigenvalue weighted by Crippen LogP contribution is 2.28. The Bertz CT molecular complexity index is 543. The van der Waals surface area contributed by atoms with Crippen molar-refractivity contribution in [1.29, 1.82) is 0 Å². The molecule has 108 valence electrons. The zero-order valence-corrected chi connectivity index (χ0v) is 12.6. The maximum atomic E-state index is 12.6. The minimum absolute atomic E-state index is 0.0776. The summed E-state index contributed by atoms with van der Waals surface area (Å²) in [4.78, 5) is 0.223. The van der Waals surface area contributed by atoms with Gasteiger partial charge in [-0.1, -0.05) is 0 Å². The Morgan fingerprint density at radius 1 is 1.58 bits per heavy atom. The van der Waals surface area contributed by atoms with Crippen LogP contribution in [-0.2, 0) is 20.6 Å². The van der Waals surface area contributed by atoms with E-state index in [2.05, 4.69) is 10.2 Å². The predicted octanol–water partition coefficient (Wildman–Crippen LogP) is 1.11. The average molecular weight is 308 g/mol. The molecule has 0 saturated carbocycles. The number of methoxy groups -OCH3 is 1. The van der Waals surface area contributed by atoms with Gasteiger partial charge >= 0.3 is 0 Å². The molecule has 1 aromatic rings. The van der Waals surface area contributed by atoms with E-state index in [9.17, 15) is 8.42 Å². The second-order valence-corrected chi connectivity index (χ2v) is 6.87. The first-order chi connectivity index (χ1) is 9.00. The molecular formula is C11H18ClN3O3S. The number of nitrogens with zero attached hydrogens (tertiary/aromatic N) is 2. The van der Waals surface area contributed by atoms with Crippen molar-refractivity contribution in [2.24, 2.45) is 5.92 Å². The summed E-state index contributed by atoms with van der Waals surface area (Å²) in [7, 11) is -1.89. The monoisotopic (exact) mass is 307 g/mol. The van der Waals surface area contributed by atoms with Gasteiger partial charge in [-0.25, -0.2) is 8.42 Å². The van der Waals surface area contributed by atoms with Gasteiger partial charge in [0.15, 0.2) is 0 Å². The van der Waals surface area contributed by atoms with Crippen molar-refractivity contribution in [3.05, 3.63) is 11.4 Å². The van der Waals surface area contributed by atoms with Gasteiger partial charge in [0.05, 0.1) is 23.9 Å². The number of aryl methyl sites for hydroxylation is 1. The van der Waals surface area contributed by atoms with E-state index in [1.807, 2.05) is 0 Å². The highest BCUT2D eigenvalue weighted by molar-refractivity contribution is 7.89. The lowest BCUT2D eigenvalue weighted by Gasteiger charge is -2.16. The third kappa shape index (κ3) is 2.79. The van der Waals surface area contributed by atoms with Crippen molar-refractivity contribution in [1.82, 2.24) is 14.5 Å². The number of alkyl halides is 1. The molecular weight excluding hydrogens is 290 g/mol. The van der Waals surface area contributed by atoms with Crippen molar-refractivity contribution in [3.63, 3.8) is 0 Å². The van der Waals surface area contributed by atoms with Gasteiger partial charge < -0.3 is 4.74 Å². The smallest absolute Gasteiger partial charge is 0.246 e. The van der Waals surface area contributed by atoms with E-state index < -0.39 is 10.0 Å². The Kier molecular flexibility index (Phi) is 4.50. The van der Waals surface area contributed by atoms with E-state index in [1.165, 1.54) is 4.31 Å². The summed E-state index contributed by atoms with van der Waals surface area (Å²) in [5.74, 6) is 0.334. The zero-order chi connectivity index (χ0) is 14.0. The lowest BCUT2D eigenvalue weighted by Crippen LogP contribution is -2.30. The van der Waals surface area contributed by atoms with Crippen LogP contribution in [0.5, 0.6) is 0 Å². The summed E-state index contributed by atoms with van der Waals surface area (Å²) < 4.78 is 31.8. The topological polar surface area (TPSA) is 75.3 Å². The molecule has 6 nitrogen and oxygen atoms in total. The molecule has 0 amide bonds. The molecule has 1 aliphatic heterocycles. The number of hydrogen-bond acceptors (Lipinski definition) is 4. The maximum Gasteiger partial charge on any atom is 0.246 e. The number of ether oxygens (including phenoxy) is 1. The van der Waals surface area contributed by atoms with Gasteiger partial charge in [-0.05, 0) is 19.3 Å². The van der Waals surface area contributed by atoms with Gasteiger partial charge in [-0.3, -0.25) is 5.10 Å². The van der Waals surface area contributed by atoms with E-state index in [0.717, 1.165) is 6.42 Å². The summed E-state index contributed by atoms with van der Waals surface area (Å²) in [6.45, 7) is 3.28. The molecule has 8 heteroatoms. The van der Waals surface area contributed by atoms with Crippen LogP contribution in [0.15, 0.2) is 4.90 Å². The number of halogens is 1. The van der Waals surface area contributed by atoms with Crippen molar-refractivity contribution >= 4 is 21.6 Å². The molecule has 0 aliphatic carbocycles. The number of H-pyrrole nitrogens is 1. The van der Waals surface area contributed by atoms with Gasteiger partial charge in [-0.15, -0.1) is 11.6 Å². The molecule has 0 radical (unpaired) electrons. The summed E-state index contributed by atoms with van der Waals surface area (Å²) >= 11 is 5.75.